The first kappa shape index (κ1) is 20.4. The summed E-state index contributed by atoms with van der Waals surface area (Å²) in [7, 11) is 1.73. The summed E-state index contributed by atoms with van der Waals surface area (Å²) in [6.45, 7) is 6.90. The Morgan fingerprint density at radius 3 is 2.56 bits per heavy atom. The molecule has 2 aromatic carbocycles. The molecule has 0 N–H and O–H groups in total. The third-order valence-electron chi connectivity index (χ3n) is 5.58. The zero-order chi connectivity index (χ0) is 22.4. The fourth-order valence-corrected chi connectivity index (χ4v) is 4.87. The van der Waals surface area contributed by atoms with Gasteiger partial charge in [-0.2, -0.15) is 0 Å². The van der Waals surface area contributed by atoms with Crippen LogP contribution in [0.2, 0.25) is 0 Å². The normalized spacial score (nSPS) is 11.6. The van der Waals surface area contributed by atoms with Gasteiger partial charge < -0.3 is 4.57 Å². The molecule has 0 atom stereocenters. The third kappa shape index (κ3) is 3.29. The molecule has 0 aliphatic heterocycles. The topological polar surface area (TPSA) is 82.9 Å². The van der Waals surface area contributed by atoms with Crippen LogP contribution in [0.4, 0.5) is 0 Å². The number of fused-ring (bicyclic) bond motifs is 3. The molecule has 8 nitrogen and oxygen atoms in total. The van der Waals surface area contributed by atoms with Gasteiger partial charge in [0.1, 0.15) is 5.82 Å². The summed E-state index contributed by atoms with van der Waals surface area (Å²) in [5.74, 6) is 2.69. The Labute approximate surface area is 188 Å². The average Bonchev–Trinajstić information content (AvgIpc) is 3.40. The molecule has 0 aliphatic rings. The minimum absolute atomic E-state index is 0.0728. The van der Waals surface area contributed by atoms with Gasteiger partial charge in [0.25, 0.3) is 5.56 Å². The number of aromatic nitrogens is 7. The van der Waals surface area contributed by atoms with Gasteiger partial charge in [0.05, 0.1) is 16.7 Å². The van der Waals surface area contributed by atoms with E-state index in [1.54, 1.807) is 23.4 Å². The van der Waals surface area contributed by atoms with Crippen LogP contribution in [0.1, 0.15) is 23.9 Å². The quantitative estimate of drug-likeness (QED) is 0.383. The maximum absolute atomic E-state index is 12.8. The first-order valence-electron chi connectivity index (χ1n) is 10.4. The highest BCUT2D eigenvalue weighted by atomic mass is 32.2. The molecule has 0 aliphatic carbocycles. The lowest BCUT2D eigenvalue weighted by Gasteiger charge is -2.09. The van der Waals surface area contributed by atoms with Gasteiger partial charge in [0, 0.05) is 19.2 Å². The van der Waals surface area contributed by atoms with Crippen molar-refractivity contribution in [2.45, 2.75) is 38.2 Å². The van der Waals surface area contributed by atoms with Crippen molar-refractivity contribution in [3.05, 3.63) is 69.8 Å². The van der Waals surface area contributed by atoms with Crippen molar-refractivity contribution >= 4 is 28.4 Å². The second kappa shape index (κ2) is 7.90. The van der Waals surface area contributed by atoms with Gasteiger partial charge in [0.2, 0.25) is 5.78 Å². The number of aryl methyl sites for hydroxylation is 3. The molecule has 0 radical (unpaired) electrons. The molecule has 162 valence electrons. The lowest BCUT2D eigenvalue weighted by Crippen LogP contribution is -2.20. The summed E-state index contributed by atoms with van der Waals surface area (Å²) >= 11 is 1.56. The molecule has 0 saturated carbocycles. The Hall–Kier alpha value is -3.46. The molecule has 3 heterocycles. The van der Waals surface area contributed by atoms with Crippen molar-refractivity contribution < 1.29 is 0 Å². The Bertz CT molecular complexity index is 1530. The van der Waals surface area contributed by atoms with Gasteiger partial charge in [-0.3, -0.25) is 13.8 Å². The molecule has 0 saturated heterocycles. The van der Waals surface area contributed by atoms with E-state index in [0.717, 1.165) is 40.0 Å². The fourth-order valence-electron chi connectivity index (χ4n) is 3.96. The monoisotopic (exact) mass is 445 g/mol. The molecular formula is C23H23N7OS. The molecular weight excluding hydrogens is 422 g/mol. The number of rotatable bonds is 5. The van der Waals surface area contributed by atoms with Crippen LogP contribution in [0, 0.1) is 13.8 Å². The molecule has 0 fully saturated rings. The summed E-state index contributed by atoms with van der Waals surface area (Å²) in [5, 5.41) is 19.1. The first-order valence-corrected chi connectivity index (χ1v) is 11.4. The zero-order valence-electron chi connectivity index (χ0n) is 18.4. The van der Waals surface area contributed by atoms with Crippen LogP contribution in [-0.2, 0) is 19.3 Å². The summed E-state index contributed by atoms with van der Waals surface area (Å²) < 4.78 is 5.62. The number of nitrogens with zero attached hydrogens (tertiary/aromatic N) is 7. The van der Waals surface area contributed by atoms with Crippen LogP contribution in [0.5, 0.6) is 0 Å². The Morgan fingerprint density at radius 2 is 1.78 bits per heavy atom. The first-order chi connectivity index (χ1) is 15.5. The summed E-state index contributed by atoms with van der Waals surface area (Å²) in [6, 6.07) is 14.1. The minimum Gasteiger partial charge on any atom is -0.302 e. The Kier molecular flexibility index (Phi) is 5.05. The van der Waals surface area contributed by atoms with E-state index in [9.17, 15) is 4.79 Å². The van der Waals surface area contributed by atoms with Crippen molar-refractivity contribution in [1.82, 2.24) is 33.9 Å². The molecule has 5 aromatic rings. The predicted molar refractivity (Wildman–Crippen MR) is 126 cm³/mol. The van der Waals surface area contributed by atoms with Crippen molar-refractivity contribution in [3.8, 4) is 11.4 Å². The SMILES string of the molecule is CCn1c(SCc2nnc3n(C)c(=O)c4cc(C)ccc4n23)nnc1-c1cccc(C)c1. The predicted octanol–water partition coefficient (Wildman–Crippen LogP) is 3.77. The van der Waals surface area contributed by atoms with E-state index < -0.39 is 0 Å². The van der Waals surface area contributed by atoms with Crippen molar-refractivity contribution in [1.29, 1.82) is 0 Å². The highest BCUT2D eigenvalue weighted by Gasteiger charge is 2.18. The van der Waals surface area contributed by atoms with Crippen LogP contribution >= 0.6 is 11.8 Å². The molecule has 3 aromatic heterocycles. The second-order valence-electron chi connectivity index (χ2n) is 7.85. The molecule has 0 unspecified atom stereocenters. The number of hydrogen-bond acceptors (Lipinski definition) is 6. The minimum atomic E-state index is -0.0728. The van der Waals surface area contributed by atoms with Crippen LogP contribution < -0.4 is 5.56 Å². The highest BCUT2D eigenvalue weighted by molar-refractivity contribution is 7.98. The molecule has 0 spiro atoms. The fraction of sp³-hybridized carbons (Fsp3) is 0.261. The van der Waals surface area contributed by atoms with Crippen molar-refractivity contribution in [3.63, 3.8) is 0 Å². The summed E-state index contributed by atoms with van der Waals surface area (Å²) in [4.78, 5) is 12.8. The number of benzene rings is 2. The van der Waals surface area contributed by atoms with Crippen molar-refractivity contribution in [2.75, 3.05) is 0 Å². The van der Waals surface area contributed by atoms with Crippen LogP contribution in [-0.4, -0.2) is 33.9 Å². The largest absolute Gasteiger partial charge is 0.302 e. The summed E-state index contributed by atoms with van der Waals surface area (Å²) in [6.07, 6.45) is 0. The van der Waals surface area contributed by atoms with E-state index in [2.05, 4.69) is 57.0 Å². The van der Waals surface area contributed by atoms with Crippen LogP contribution in [0.15, 0.2) is 52.4 Å². The molecule has 5 rings (SSSR count). The standard InChI is InChI=1S/C23H23N7OS/c1-5-29-20(16-8-6-7-14(2)11-16)25-27-23(29)32-13-19-24-26-22-28(4)21(31)17-12-15(3)9-10-18(17)30(19)22/h6-12H,5,13H2,1-4H3. The van der Waals surface area contributed by atoms with Gasteiger partial charge in [-0.1, -0.05) is 47.2 Å². The van der Waals surface area contributed by atoms with Gasteiger partial charge in [-0.25, -0.2) is 0 Å². The van der Waals surface area contributed by atoms with E-state index in [1.165, 1.54) is 5.56 Å². The molecule has 0 bridgehead atoms. The van der Waals surface area contributed by atoms with Crippen LogP contribution in [0.25, 0.3) is 28.1 Å². The maximum atomic E-state index is 12.8. The molecule has 0 amide bonds. The highest BCUT2D eigenvalue weighted by Crippen LogP contribution is 2.27. The van der Waals surface area contributed by atoms with Crippen molar-refractivity contribution in [2.24, 2.45) is 7.05 Å². The molecule has 9 heteroatoms. The molecule has 32 heavy (non-hydrogen) atoms. The number of thioether (sulfide) groups is 1. The van der Waals surface area contributed by atoms with E-state index >= 15 is 0 Å². The second-order valence-corrected chi connectivity index (χ2v) is 8.79. The maximum Gasteiger partial charge on any atom is 0.262 e. The smallest absolute Gasteiger partial charge is 0.262 e. The Morgan fingerprint density at radius 1 is 0.969 bits per heavy atom. The van der Waals surface area contributed by atoms with Gasteiger partial charge in [-0.15, -0.1) is 20.4 Å². The lowest BCUT2D eigenvalue weighted by molar-refractivity contribution is 0.687. The van der Waals surface area contributed by atoms with E-state index in [4.69, 9.17) is 0 Å². The van der Waals surface area contributed by atoms with E-state index in [0.29, 0.717) is 16.9 Å². The summed E-state index contributed by atoms with van der Waals surface area (Å²) in [5.41, 5.74) is 4.02. The Balaban J connectivity index is 1.54. The van der Waals surface area contributed by atoms with Gasteiger partial charge >= 0.3 is 0 Å². The van der Waals surface area contributed by atoms with E-state index in [-0.39, 0.29) is 5.56 Å². The average molecular weight is 446 g/mol. The van der Waals surface area contributed by atoms with E-state index in [1.807, 2.05) is 35.6 Å². The number of hydrogen-bond donors (Lipinski definition) is 0. The lowest BCUT2D eigenvalue weighted by atomic mass is 10.1. The zero-order valence-corrected chi connectivity index (χ0v) is 19.2. The third-order valence-corrected chi connectivity index (χ3v) is 6.54. The van der Waals surface area contributed by atoms with Gasteiger partial charge in [-0.05, 0) is 39.0 Å². The van der Waals surface area contributed by atoms with Crippen LogP contribution in [0.3, 0.4) is 0 Å². The van der Waals surface area contributed by atoms with Gasteiger partial charge in [0.15, 0.2) is 11.0 Å².